The van der Waals surface area contributed by atoms with Gasteiger partial charge in [-0.05, 0) is 39.8 Å². The highest BCUT2D eigenvalue weighted by Gasteiger charge is 2.21. The van der Waals surface area contributed by atoms with Crippen molar-refractivity contribution >= 4 is 15.9 Å². The summed E-state index contributed by atoms with van der Waals surface area (Å²) in [6.07, 6.45) is 2.44. The molecule has 0 unspecified atom stereocenters. The van der Waals surface area contributed by atoms with Gasteiger partial charge in [-0.3, -0.25) is 9.36 Å². The molecular weight excluding hydrogens is 330 g/mol. The maximum absolute atomic E-state index is 12.5. The van der Waals surface area contributed by atoms with Crippen molar-refractivity contribution in [1.29, 1.82) is 0 Å². The number of aromatic nitrogens is 2. The molecule has 0 aliphatic rings. The molecule has 1 aromatic carbocycles. The van der Waals surface area contributed by atoms with Crippen LogP contribution in [0.5, 0.6) is 0 Å². The summed E-state index contributed by atoms with van der Waals surface area (Å²) in [4.78, 5) is 24.3. The first-order chi connectivity index (χ1) is 11.0. The maximum Gasteiger partial charge on any atom is 0.342 e. The fraction of sp³-hybridized carbons (Fsp3) is 0.375. The van der Waals surface area contributed by atoms with E-state index in [2.05, 4.69) is 5.32 Å². The molecule has 0 aliphatic heterocycles. The van der Waals surface area contributed by atoms with Crippen LogP contribution in [0.1, 0.15) is 26.3 Å². The fourth-order valence-corrected chi connectivity index (χ4v) is 3.37. The molecule has 2 aromatic rings. The summed E-state index contributed by atoms with van der Waals surface area (Å²) in [7, 11) is -3.98. The quantitative estimate of drug-likeness (QED) is 0.893. The highest BCUT2D eigenvalue weighted by atomic mass is 32.2. The number of amides is 1. The van der Waals surface area contributed by atoms with Gasteiger partial charge in [-0.2, -0.15) is 3.97 Å². The lowest BCUT2D eigenvalue weighted by Gasteiger charge is -2.20. The Bertz CT molecular complexity index is 900. The van der Waals surface area contributed by atoms with Crippen LogP contribution in [0.15, 0.2) is 46.3 Å². The molecule has 130 valence electrons. The first-order valence-electron chi connectivity index (χ1n) is 7.42. The Morgan fingerprint density at radius 1 is 1.12 bits per heavy atom. The lowest BCUT2D eigenvalue weighted by Crippen LogP contribution is -2.43. The second-order valence-electron chi connectivity index (χ2n) is 6.62. The normalized spacial score (nSPS) is 12.2. The predicted molar refractivity (Wildman–Crippen MR) is 90.4 cm³/mol. The predicted octanol–water partition coefficient (Wildman–Crippen LogP) is 1.11. The van der Waals surface area contributed by atoms with Crippen LogP contribution in [-0.4, -0.2) is 28.4 Å². The molecule has 0 aliphatic carbocycles. The van der Waals surface area contributed by atoms with Crippen molar-refractivity contribution < 1.29 is 13.2 Å². The van der Waals surface area contributed by atoms with Gasteiger partial charge >= 0.3 is 5.69 Å². The molecule has 1 N–H and O–H groups in total. The monoisotopic (exact) mass is 351 g/mol. The summed E-state index contributed by atoms with van der Waals surface area (Å²) in [6, 6.07) is 6.21. The lowest BCUT2D eigenvalue weighted by molar-refractivity contribution is -0.123. The van der Waals surface area contributed by atoms with Crippen LogP contribution >= 0.6 is 0 Å². The Morgan fingerprint density at radius 3 is 2.25 bits per heavy atom. The third-order valence-corrected chi connectivity index (χ3v) is 4.89. The number of hydrogen-bond donors (Lipinski definition) is 1. The third-order valence-electron chi connectivity index (χ3n) is 3.22. The molecular formula is C16H21N3O4S. The van der Waals surface area contributed by atoms with Gasteiger partial charge in [-0.25, -0.2) is 13.2 Å². The van der Waals surface area contributed by atoms with Crippen molar-refractivity contribution in [1.82, 2.24) is 13.9 Å². The molecule has 0 atom stereocenters. The van der Waals surface area contributed by atoms with Gasteiger partial charge in [-0.15, -0.1) is 0 Å². The van der Waals surface area contributed by atoms with Crippen LogP contribution in [-0.2, 0) is 21.4 Å². The number of nitrogens with one attached hydrogen (secondary N) is 1. The molecule has 24 heavy (non-hydrogen) atoms. The number of carbonyl (C=O) groups excluding carboxylic acids is 1. The topological polar surface area (TPSA) is 90.2 Å². The summed E-state index contributed by atoms with van der Waals surface area (Å²) >= 11 is 0. The highest BCUT2D eigenvalue weighted by Crippen LogP contribution is 2.12. The van der Waals surface area contributed by atoms with Crippen LogP contribution in [0.2, 0.25) is 0 Å². The lowest BCUT2D eigenvalue weighted by atomic mass is 10.1. The van der Waals surface area contributed by atoms with Crippen LogP contribution in [0.4, 0.5) is 0 Å². The van der Waals surface area contributed by atoms with E-state index in [0.717, 1.165) is 16.3 Å². The number of imidazole rings is 1. The number of benzene rings is 1. The molecule has 2 rings (SSSR count). The summed E-state index contributed by atoms with van der Waals surface area (Å²) in [5.74, 6) is -0.366. The van der Waals surface area contributed by atoms with Gasteiger partial charge in [-0.1, -0.05) is 17.7 Å². The second-order valence-corrected chi connectivity index (χ2v) is 8.44. The maximum atomic E-state index is 12.5. The van der Waals surface area contributed by atoms with Crippen molar-refractivity contribution in [2.24, 2.45) is 0 Å². The average Bonchev–Trinajstić information content (AvgIpc) is 2.79. The van der Waals surface area contributed by atoms with Crippen LogP contribution in [0.3, 0.4) is 0 Å². The van der Waals surface area contributed by atoms with Gasteiger partial charge in [0.25, 0.3) is 10.0 Å². The Kier molecular flexibility index (Phi) is 4.70. The van der Waals surface area contributed by atoms with Crippen molar-refractivity contribution in [3.63, 3.8) is 0 Å². The first-order valence-corrected chi connectivity index (χ1v) is 8.86. The number of carbonyl (C=O) groups is 1. The van der Waals surface area contributed by atoms with Crippen LogP contribution in [0, 0.1) is 6.92 Å². The van der Waals surface area contributed by atoms with Crippen molar-refractivity contribution in [2.75, 3.05) is 0 Å². The highest BCUT2D eigenvalue weighted by molar-refractivity contribution is 7.90. The van der Waals surface area contributed by atoms with Gasteiger partial charge in [0.05, 0.1) is 4.90 Å². The van der Waals surface area contributed by atoms with E-state index in [1.54, 1.807) is 12.1 Å². The number of hydrogen-bond acceptors (Lipinski definition) is 4. The summed E-state index contributed by atoms with van der Waals surface area (Å²) in [5, 5.41) is 2.72. The molecule has 0 saturated carbocycles. The Morgan fingerprint density at radius 2 is 1.71 bits per heavy atom. The van der Waals surface area contributed by atoms with E-state index in [9.17, 15) is 18.0 Å². The molecule has 0 bridgehead atoms. The molecule has 1 aromatic heterocycles. The molecule has 0 fully saturated rings. The van der Waals surface area contributed by atoms with E-state index in [4.69, 9.17) is 0 Å². The van der Waals surface area contributed by atoms with E-state index >= 15 is 0 Å². The SMILES string of the molecule is Cc1ccc(S(=O)(=O)n2ccn(CC(=O)NC(C)(C)C)c2=O)cc1. The smallest absolute Gasteiger partial charge is 0.342 e. The van der Waals surface area contributed by atoms with Gasteiger partial charge in [0.1, 0.15) is 6.54 Å². The van der Waals surface area contributed by atoms with Crippen LogP contribution in [0.25, 0.3) is 0 Å². The second kappa shape index (κ2) is 6.27. The van der Waals surface area contributed by atoms with E-state index in [-0.39, 0.29) is 17.3 Å². The average molecular weight is 351 g/mol. The summed E-state index contributed by atoms with van der Waals surface area (Å²) in [6.45, 7) is 7.06. The number of nitrogens with zero attached hydrogens (tertiary/aromatic N) is 2. The fourth-order valence-electron chi connectivity index (χ4n) is 2.13. The van der Waals surface area contributed by atoms with Crippen molar-refractivity contribution in [3.8, 4) is 0 Å². The van der Waals surface area contributed by atoms with E-state index in [1.807, 2.05) is 27.7 Å². The summed E-state index contributed by atoms with van der Waals surface area (Å²) < 4.78 is 26.8. The van der Waals surface area contributed by atoms with E-state index in [0.29, 0.717) is 3.97 Å². The number of rotatable bonds is 4. The van der Waals surface area contributed by atoms with Gasteiger partial charge in [0, 0.05) is 17.9 Å². The Labute approximate surface area is 141 Å². The zero-order chi connectivity index (χ0) is 18.1. The Balaban J connectivity index is 2.31. The molecule has 0 spiro atoms. The Hall–Kier alpha value is -2.35. The van der Waals surface area contributed by atoms with Gasteiger partial charge in [0.2, 0.25) is 5.91 Å². The van der Waals surface area contributed by atoms with Crippen LogP contribution < -0.4 is 11.0 Å². The zero-order valence-corrected chi connectivity index (χ0v) is 14.9. The first kappa shape index (κ1) is 18.0. The molecule has 1 amide bonds. The van der Waals surface area contributed by atoms with Gasteiger partial charge in [0.15, 0.2) is 0 Å². The van der Waals surface area contributed by atoms with Crippen molar-refractivity contribution in [3.05, 3.63) is 52.7 Å². The van der Waals surface area contributed by atoms with Crippen molar-refractivity contribution in [2.45, 2.75) is 44.7 Å². The molecule has 8 heteroatoms. The largest absolute Gasteiger partial charge is 0.350 e. The standard InChI is InChI=1S/C16H21N3O4S/c1-12-5-7-13(8-6-12)24(22,23)19-10-9-18(15(19)21)11-14(20)17-16(2,3)4/h5-10H,11H2,1-4H3,(H,17,20). The summed E-state index contributed by atoms with van der Waals surface area (Å²) in [5.41, 5.74) is -0.297. The van der Waals surface area contributed by atoms with Gasteiger partial charge < -0.3 is 5.32 Å². The minimum atomic E-state index is -3.98. The minimum Gasteiger partial charge on any atom is -0.350 e. The minimum absolute atomic E-state index is 0.0205. The van der Waals surface area contributed by atoms with E-state index in [1.165, 1.54) is 18.3 Å². The molecule has 7 nitrogen and oxygen atoms in total. The molecule has 0 saturated heterocycles. The molecule has 1 heterocycles. The number of aryl methyl sites for hydroxylation is 1. The zero-order valence-electron chi connectivity index (χ0n) is 14.1. The molecule has 0 radical (unpaired) electrons. The van der Waals surface area contributed by atoms with E-state index < -0.39 is 21.3 Å². The third kappa shape index (κ3) is 3.94.